The molecule has 1 aliphatic carbocycles. The average Bonchev–Trinajstić information content (AvgIpc) is 3.35. The van der Waals surface area contributed by atoms with Crippen molar-refractivity contribution in [2.45, 2.75) is 31.7 Å². The van der Waals surface area contributed by atoms with Crippen molar-refractivity contribution in [1.82, 2.24) is 19.8 Å². The van der Waals surface area contributed by atoms with Crippen LogP contribution in [0.2, 0.25) is 0 Å². The van der Waals surface area contributed by atoms with E-state index >= 15 is 0 Å². The van der Waals surface area contributed by atoms with Crippen LogP contribution in [0.3, 0.4) is 0 Å². The lowest BCUT2D eigenvalue weighted by Gasteiger charge is -2.33. The maximum atomic E-state index is 13.6. The van der Waals surface area contributed by atoms with Crippen molar-refractivity contribution in [2.24, 2.45) is 10.9 Å². The molecule has 2 N–H and O–H groups in total. The van der Waals surface area contributed by atoms with Crippen molar-refractivity contribution in [3.05, 3.63) is 95.2 Å². The lowest BCUT2D eigenvalue weighted by atomic mass is 9.92. The summed E-state index contributed by atoms with van der Waals surface area (Å²) in [4.78, 5) is 31.0. The summed E-state index contributed by atoms with van der Waals surface area (Å²) in [6.07, 6.45) is 11.9. The van der Waals surface area contributed by atoms with Crippen molar-refractivity contribution < 1.29 is 13.9 Å². The quantitative estimate of drug-likeness (QED) is 0.381. The third-order valence-electron chi connectivity index (χ3n) is 8.42. The number of anilines is 1. The highest BCUT2D eigenvalue weighted by molar-refractivity contribution is 6.17. The van der Waals surface area contributed by atoms with E-state index in [2.05, 4.69) is 28.0 Å². The van der Waals surface area contributed by atoms with Crippen molar-refractivity contribution in [2.75, 3.05) is 39.0 Å². The average molecular weight is 567 g/mol. The Morgan fingerprint density at radius 3 is 2.74 bits per heavy atom. The Balaban J connectivity index is 1.16. The molecule has 3 aromatic rings. The molecular weight excluding hydrogens is 531 g/mol. The lowest BCUT2D eigenvalue weighted by Crippen LogP contribution is -2.37. The summed E-state index contributed by atoms with van der Waals surface area (Å²) in [5, 5.41) is 0. The predicted molar refractivity (Wildman–Crippen MR) is 162 cm³/mol. The summed E-state index contributed by atoms with van der Waals surface area (Å²) in [7, 11) is 2.13. The maximum Gasteiger partial charge on any atom is 0.246 e. The number of hydrogen-bond donors (Lipinski definition) is 1. The van der Waals surface area contributed by atoms with Crippen LogP contribution in [0, 0.1) is 11.7 Å². The SMILES string of the molecule is CN(C/C=C/C(=O)N1CC[C@@H](C2=Cc3ncnc(N)c3C(c3ccc(Oc4cccc(F)c4)cc3)=NC2)C1)C1CCC1. The Hall–Kier alpha value is -4.37. The first-order valence-corrected chi connectivity index (χ1v) is 14.5. The second-order valence-electron chi connectivity index (χ2n) is 11.2. The number of rotatable bonds is 8. The van der Waals surface area contributed by atoms with Gasteiger partial charge in [-0.1, -0.05) is 18.6 Å². The van der Waals surface area contributed by atoms with Crippen LogP contribution in [-0.4, -0.2) is 70.7 Å². The first-order valence-electron chi connectivity index (χ1n) is 14.5. The van der Waals surface area contributed by atoms with E-state index in [0.29, 0.717) is 54.3 Å². The van der Waals surface area contributed by atoms with Crippen molar-refractivity contribution in [3.8, 4) is 11.5 Å². The Bertz CT molecular complexity index is 1550. The number of aliphatic imine (C=N–C) groups is 1. The van der Waals surface area contributed by atoms with Gasteiger partial charge in [0, 0.05) is 49.3 Å². The molecule has 42 heavy (non-hydrogen) atoms. The molecule has 3 aliphatic rings. The third-order valence-corrected chi connectivity index (χ3v) is 8.42. The molecule has 1 aromatic heterocycles. The molecule has 1 saturated heterocycles. The summed E-state index contributed by atoms with van der Waals surface area (Å²) in [5.41, 5.74) is 10.4. The van der Waals surface area contributed by atoms with E-state index in [9.17, 15) is 9.18 Å². The minimum absolute atomic E-state index is 0.0606. The number of halogens is 1. The Morgan fingerprint density at radius 2 is 1.98 bits per heavy atom. The van der Waals surface area contributed by atoms with Gasteiger partial charge >= 0.3 is 0 Å². The smallest absolute Gasteiger partial charge is 0.246 e. The molecule has 2 aromatic carbocycles. The third kappa shape index (κ3) is 6.11. The number of nitrogens with two attached hydrogens (primary N) is 1. The largest absolute Gasteiger partial charge is 0.457 e. The standard InChI is InChI=1S/C33H35FN6O2/c1-39(26-6-3-7-26)15-4-9-30(41)40-16-14-23(20-40)24-17-29-31(33(35)38-21-37-29)32(36-19-24)22-10-12-27(13-11-22)42-28-8-2-5-25(34)18-28/h2,4-5,8-13,17-18,21,23,26H,3,6-7,14-16,19-20H2,1H3,(H2,35,37,38)/b9-4+/t23-/m1/s1. The van der Waals surface area contributed by atoms with Gasteiger partial charge in [0.2, 0.25) is 5.91 Å². The van der Waals surface area contributed by atoms with Crippen molar-refractivity contribution >= 4 is 23.5 Å². The lowest BCUT2D eigenvalue weighted by molar-refractivity contribution is -0.125. The number of carbonyl (C=O) groups is 1. The first-order chi connectivity index (χ1) is 20.4. The van der Waals surface area contributed by atoms with Gasteiger partial charge in [0.05, 0.1) is 23.5 Å². The van der Waals surface area contributed by atoms with Crippen molar-refractivity contribution in [1.29, 1.82) is 0 Å². The number of amides is 1. The van der Waals surface area contributed by atoms with Crippen LogP contribution in [0.5, 0.6) is 11.5 Å². The van der Waals surface area contributed by atoms with Gasteiger partial charge in [-0.25, -0.2) is 14.4 Å². The minimum atomic E-state index is -0.356. The number of fused-ring (bicyclic) bond motifs is 1. The van der Waals surface area contributed by atoms with E-state index in [0.717, 1.165) is 29.8 Å². The highest BCUT2D eigenvalue weighted by atomic mass is 19.1. The van der Waals surface area contributed by atoms with Gasteiger partial charge in [-0.3, -0.25) is 14.7 Å². The zero-order chi connectivity index (χ0) is 29.1. The molecule has 8 nitrogen and oxygen atoms in total. The summed E-state index contributed by atoms with van der Waals surface area (Å²) in [6, 6.07) is 14.1. The normalized spacial score (nSPS) is 18.8. The molecule has 0 bridgehead atoms. The Kier molecular flexibility index (Phi) is 8.10. The van der Waals surface area contributed by atoms with Crippen LogP contribution >= 0.6 is 0 Å². The number of hydrogen-bond acceptors (Lipinski definition) is 7. The highest BCUT2D eigenvalue weighted by Crippen LogP contribution is 2.32. The van der Waals surface area contributed by atoms with Crippen LogP contribution in [0.15, 0.2) is 77.6 Å². The zero-order valence-corrected chi connectivity index (χ0v) is 23.7. The van der Waals surface area contributed by atoms with E-state index in [-0.39, 0.29) is 17.6 Å². The second-order valence-corrected chi connectivity index (χ2v) is 11.2. The van der Waals surface area contributed by atoms with Crippen LogP contribution in [0.4, 0.5) is 10.2 Å². The molecule has 9 heteroatoms. The van der Waals surface area contributed by atoms with E-state index in [4.69, 9.17) is 15.5 Å². The van der Waals surface area contributed by atoms with Gasteiger partial charge in [0.25, 0.3) is 0 Å². The molecule has 0 spiro atoms. The van der Waals surface area contributed by atoms with Gasteiger partial charge in [-0.05, 0) is 74.4 Å². The fourth-order valence-corrected chi connectivity index (χ4v) is 5.73. The maximum absolute atomic E-state index is 13.6. The number of carbonyl (C=O) groups excluding carboxylic acids is 1. The molecule has 6 rings (SSSR count). The summed E-state index contributed by atoms with van der Waals surface area (Å²) in [5.74, 6) is 1.25. The predicted octanol–water partition coefficient (Wildman–Crippen LogP) is 5.11. The van der Waals surface area contributed by atoms with Crippen LogP contribution in [0.25, 0.3) is 6.08 Å². The topological polar surface area (TPSA) is 96.9 Å². The molecule has 216 valence electrons. The summed E-state index contributed by atoms with van der Waals surface area (Å²) >= 11 is 0. The van der Waals surface area contributed by atoms with Crippen LogP contribution in [-0.2, 0) is 4.79 Å². The number of aromatic nitrogens is 2. The van der Waals surface area contributed by atoms with Gasteiger partial charge in [0.1, 0.15) is 29.5 Å². The molecule has 1 atom stereocenters. The van der Waals surface area contributed by atoms with Crippen LogP contribution < -0.4 is 10.5 Å². The second kappa shape index (κ2) is 12.2. The molecule has 0 radical (unpaired) electrons. The monoisotopic (exact) mass is 566 g/mol. The van der Waals surface area contributed by atoms with Crippen LogP contribution in [0.1, 0.15) is 42.5 Å². The van der Waals surface area contributed by atoms with E-state index in [1.165, 1.54) is 37.7 Å². The molecule has 1 amide bonds. The highest BCUT2D eigenvalue weighted by Gasteiger charge is 2.30. The van der Waals surface area contributed by atoms with Gasteiger partial charge in [-0.2, -0.15) is 0 Å². The minimum Gasteiger partial charge on any atom is -0.457 e. The number of likely N-dealkylation sites (N-methyl/N-ethyl adjacent to an activating group) is 1. The Morgan fingerprint density at radius 1 is 1.14 bits per heavy atom. The fourth-order valence-electron chi connectivity index (χ4n) is 5.73. The van der Waals surface area contributed by atoms with E-state index in [1.54, 1.807) is 18.2 Å². The number of likely N-dealkylation sites (tertiary alicyclic amines) is 1. The van der Waals surface area contributed by atoms with Crippen molar-refractivity contribution in [3.63, 3.8) is 0 Å². The van der Waals surface area contributed by atoms with Gasteiger partial charge in [0.15, 0.2) is 0 Å². The van der Waals surface area contributed by atoms with Gasteiger partial charge in [-0.15, -0.1) is 0 Å². The molecular formula is C33H35FN6O2. The molecule has 2 aliphatic heterocycles. The first kappa shape index (κ1) is 27.8. The van der Waals surface area contributed by atoms with E-state index < -0.39 is 0 Å². The fraction of sp³-hybridized carbons (Fsp3) is 0.333. The Labute approximate surface area is 245 Å². The number of benzene rings is 2. The molecule has 0 unspecified atom stereocenters. The van der Waals surface area contributed by atoms with E-state index in [1.807, 2.05) is 35.2 Å². The number of nitrogens with zero attached hydrogens (tertiary/aromatic N) is 5. The molecule has 1 saturated carbocycles. The number of ether oxygens (including phenoxy) is 1. The molecule has 2 fully saturated rings. The van der Waals surface area contributed by atoms with Gasteiger partial charge < -0.3 is 15.4 Å². The summed E-state index contributed by atoms with van der Waals surface area (Å²) in [6.45, 7) is 2.64. The number of nitrogen functional groups attached to an aromatic ring is 1. The zero-order valence-electron chi connectivity index (χ0n) is 23.7. The molecule has 3 heterocycles. The summed E-state index contributed by atoms with van der Waals surface area (Å²) < 4.78 is 19.4.